The number of aromatic nitrogens is 3. The normalized spacial score (nSPS) is 11.4. The van der Waals surface area contributed by atoms with E-state index in [1.165, 1.54) is 0 Å². The first-order valence-electron chi connectivity index (χ1n) is 11.0. The summed E-state index contributed by atoms with van der Waals surface area (Å²) in [5.74, 6) is 0.371. The van der Waals surface area contributed by atoms with Crippen LogP contribution in [0.25, 0.3) is 5.69 Å². The molecule has 0 aliphatic rings. The second kappa shape index (κ2) is 10.5. The van der Waals surface area contributed by atoms with Crippen molar-refractivity contribution in [3.05, 3.63) is 58.9 Å². The molecule has 3 aromatic rings. The minimum absolute atomic E-state index is 0.0544. The third kappa shape index (κ3) is 6.04. The fraction of sp³-hybridized carbons (Fsp3) is 0.400. The second-order valence-corrected chi connectivity index (χ2v) is 10.2. The first-order valence-corrected chi connectivity index (χ1v) is 12.5. The molecule has 3 rings (SSSR count). The summed E-state index contributed by atoms with van der Waals surface area (Å²) >= 11 is 2.37. The third-order valence-electron chi connectivity index (χ3n) is 5.37. The molecule has 0 aliphatic heterocycles. The molecule has 1 amide bonds. The van der Waals surface area contributed by atoms with Crippen LogP contribution in [-0.2, 0) is 5.41 Å². The zero-order chi connectivity index (χ0) is 24.2. The van der Waals surface area contributed by atoms with E-state index in [1.54, 1.807) is 11.8 Å². The first kappa shape index (κ1) is 25.0. The van der Waals surface area contributed by atoms with Crippen molar-refractivity contribution in [3.63, 3.8) is 0 Å². The lowest BCUT2D eigenvalue weighted by atomic mass is 9.86. The predicted octanol–water partition coefficient (Wildman–Crippen LogP) is 5.68. The minimum atomic E-state index is -0.297. The number of hydrogen-bond acceptors (Lipinski definition) is 5. The summed E-state index contributed by atoms with van der Waals surface area (Å²) in [6.07, 6.45) is 1.08. The standard InChI is InChI=1S/C25H32IN5O2/c1-16-8-9-22(33-6)21(12-16)31-17(2)23(29-30-31)24(32)28-20-14-18(25(3,4)5)13-19(15-20)27-11-7-10-26/h8-9,12-15,27H,7,10-11H2,1-6H3,(H,28,32). The number of carbonyl (C=O) groups excluding carboxylic acids is 1. The molecule has 0 fully saturated rings. The number of halogens is 1. The quantitative estimate of drug-likeness (QED) is 0.210. The average Bonchev–Trinajstić information content (AvgIpc) is 3.14. The minimum Gasteiger partial charge on any atom is -0.494 e. The Balaban J connectivity index is 1.90. The molecular formula is C25H32IN5O2. The van der Waals surface area contributed by atoms with Crippen LogP contribution in [0.2, 0.25) is 0 Å². The molecule has 0 saturated carbocycles. The van der Waals surface area contributed by atoms with E-state index in [9.17, 15) is 4.79 Å². The van der Waals surface area contributed by atoms with Gasteiger partial charge in [-0.3, -0.25) is 4.79 Å². The van der Waals surface area contributed by atoms with Gasteiger partial charge in [-0.2, -0.15) is 0 Å². The van der Waals surface area contributed by atoms with Crippen molar-refractivity contribution in [1.29, 1.82) is 0 Å². The number of alkyl halides is 1. The molecule has 1 heterocycles. The molecule has 0 atom stereocenters. The summed E-state index contributed by atoms with van der Waals surface area (Å²) in [7, 11) is 1.61. The molecule has 7 nitrogen and oxygen atoms in total. The third-order valence-corrected chi connectivity index (χ3v) is 6.13. The number of amides is 1. The number of rotatable bonds is 8. The van der Waals surface area contributed by atoms with Crippen LogP contribution in [0.4, 0.5) is 11.4 Å². The Kier molecular flexibility index (Phi) is 7.99. The summed E-state index contributed by atoms with van der Waals surface area (Å²) in [6.45, 7) is 11.2. The Labute approximate surface area is 209 Å². The van der Waals surface area contributed by atoms with E-state index in [2.05, 4.69) is 70.4 Å². The molecule has 0 aliphatic carbocycles. The number of carbonyl (C=O) groups is 1. The van der Waals surface area contributed by atoms with Crippen LogP contribution in [0.15, 0.2) is 36.4 Å². The fourth-order valence-corrected chi connectivity index (χ4v) is 3.84. The number of methoxy groups -OCH3 is 1. The molecule has 0 spiro atoms. The van der Waals surface area contributed by atoms with Crippen LogP contribution in [-0.4, -0.2) is 39.0 Å². The van der Waals surface area contributed by atoms with E-state index in [0.29, 0.717) is 11.4 Å². The summed E-state index contributed by atoms with van der Waals surface area (Å²) < 4.78 is 8.21. The molecule has 0 unspecified atom stereocenters. The molecule has 33 heavy (non-hydrogen) atoms. The van der Waals surface area contributed by atoms with Gasteiger partial charge in [-0.1, -0.05) is 54.6 Å². The fourth-order valence-electron chi connectivity index (χ4n) is 3.46. The van der Waals surface area contributed by atoms with Crippen molar-refractivity contribution >= 4 is 39.9 Å². The number of nitrogens with zero attached hydrogens (tertiary/aromatic N) is 3. The molecule has 0 bridgehead atoms. The highest BCUT2D eigenvalue weighted by molar-refractivity contribution is 14.1. The molecule has 2 N–H and O–H groups in total. The van der Waals surface area contributed by atoms with Gasteiger partial charge in [-0.25, -0.2) is 4.68 Å². The van der Waals surface area contributed by atoms with Crippen molar-refractivity contribution in [3.8, 4) is 11.4 Å². The van der Waals surface area contributed by atoms with Crippen LogP contribution < -0.4 is 15.4 Å². The van der Waals surface area contributed by atoms with Crippen LogP contribution in [0.1, 0.15) is 54.5 Å². The van der Waals surface area contributed by atoms with Gasteiger partial charge in [0.15, 0.2) is 5.69 Å². The van der Waals surface area contributed by atoms with Gasteiger partial charge in [0.25, 0.3) is 5.91 Å². The molecular weight excluding hydrogens is 529 g/mol. The predicted molar refractivity (Wildman–Crippen MR) is 142 cm³/mol. The maximum absolute atomic E-state index is 13.2. The number of aryl methyl sites for hydroxylation is 1. The van der Waals surface area contributed by atoms with Gasteiger partial charge in [0.1, 0.15) is 11.4 Å². The van der Waals surface area contributed by atoms with E-state index in [-0.39, 0.29) is 17.0 Å². The van der Waals surface area contributed by atoms with Gasteiger partial charge in [-0.05, 0) is 67.1 Å². The van der Waals surface area contributed by atoms with Crippen LogP contribution >= 0.6 is 22.6 Å². The average molecular weight is 561 g/mol. The maximum atomic E-state index is 13.2. The Hall–Kier alpha value is -2.62. The van der Waals surface area contributed by atoms with E-state index >= 15 is 0 Å². The summed E-state index contributed by atoms with van der Waals surface area (Å²) in [4.78, 5) is 13.2. The zero-order valence-electron chi connectivity index (χ0n) is 20.1. The Morgan fingerprint density at radius 3 is 2.52 bits per heavy atom. The monoisotopic (exact) mass is 561 g/mol. The lowest BCUT2D eigenvalue weighted by molar-refractivity contribution is 0.102. The number of benzene rings is 2. The Morgan fingerprint density at radius 2 is 1.85 bits per heavy atom. The second-order valence-electron chi connectivity index (χ2n) is 9.08. The van der Waals surface area contributed by atoms with E-state index in [4.69, 9.17) is 4.74 Å². The largest absolute Gasteiger partial charge is 0.494 e. The molecule has 0 saturated heterocycles. The van der Waals surface area contributed by atoms with Gasteiger partial charge >= 0.3 is 0 Å². The van der Waals surface area contributed by atoms with Crippen LogP contribution in [0.3, 0.4) is 0 Å². The van der Waals surface area contributed by atoms with Crippen molar-refractivity contribution < 1.29 is 9.53 Å². The van der Waals surface area contributed by atoms with Gasteiger partial charge in [0, 0.05) is 22.3 Å². The summed E-state index contributed by atoms with van der Waals surface area (Å²) in [5, 5.41) is 14.9. The van der Waals surface area contributed by atoms with E-state index < -0.39 is 0 Å². The Bertz CT molecular complexity index is 1130. The molecule has 176 valence electrons. The van der Waals surface area contributed by atoms with Gasteiger partial charge in [0.05, 0.1) is 12.8 Å². The molecule has 0 radical (unpaired) electrons. The number of ether oxygens (including phenoxy) is 1. The first-order chi connectivity index (χ1) is 15.6. The number of anilines is 2. The van der Waals surface area contributed by atoms with Crippen LogP contribution in [0.5, 0.6) is 5.75 Å². The van der Waals surface area contributed by atoms with Crippen LogP contribution in [0, 0.1) is 13.8 Å². The van der Waals surface area contributed by atoms with Gasteiger partial charge in [-0.15, -0.1) is 5.10 Å². The number of nitrogens with one attached hydrogen (secondary N) is 2. The topological polar surface area (TPSA) is 81.1 Å². The van der Waals surface area contributed by atoms with Crippen molar-refractivity contribution in [2.24, 2.45) is 0 Å². The molecule has 2 aromatic carbocycles. The van der Waals surface area contributed by atoms with Gasteiger partial charge in [0.2, 0.25) is 0 Å². The highest BCUT2D eigenvalue weighted by atomic mass is 127. The smallest absolute Gasteiger partial charge is 0.278 e. The van der Waals surface area contributed by atoms with Crippen molar-refractivity contribution in [2.45, 2.75) is 46.5 Å². The Morgan fingerprint density at radius 1 is 1.12 bits per heavy atom. The summed E-state index contributed by atoms with van der Waals surface area (Å²) in [5.41, 5.74) is 5.54. The molecule has 8 heteroatoms. The highest BCUT2D eigenvalue weighted by Gasteiger charge is 2.21. The highest BCUT2D eigenvalue weighted by Crippen LogP contribution is 2.30. The zero-order valence-corrected chi connectivity index (χ0v) is 22.3. The van der Waals surface area contributed by atoms with E-state index in [0.717, 1.165) is 45.6 Å². The lowest BCUT2D eigenvalue weighted by Crippen LogP contribution is -2.17. The SMILES string of the molecule is COc1ccc(C)cc1-n1nnc(C(=O)Nc2cc(NCCCI)cc(C(C)(C)C)c2)c1C. The van der Waals surface area contributed by atoms with Gasteiger partial charge < -0.3 is 15.4 Å². The van der Waals surface area contributed by atoms with E-state index in [1.807, 2.05) is 44.2 Å². The lowest BCUT2D eigenvalue weighted by Gasteiger charge is -2.22. The maximum Gasteiger partial charge on any atom is 0.278 e. The molecule has 1 aromatic heterocycles. The summed E-state index contributed by atoms with van der Waals surface area (Å²) in [6, 6.07) is 11.9. The van der Waals surface area contributed by atoms with Crippen molar-refractivity contribution in [1.82, 2.24) is 15.0 Å². The number of hydrogen-bond donors (Lipinski definition) is 2. The van der Waals surface area contributed by atoms with Crippen molar-refractivity contribution in [2.75, 3.05) is 28.7 Å².